The number of benzene rings is 1. The lowest BCUT2D eigenvalue weighted by atomic mass is 9.98. The smallest absolute Gasteiger partial charge is 0.0708 e. The van der Waals surface area contributed by atoms with Gasteiger partial charge in [0.15, 0.2) is 0 Å². The highest BCUT2D eigenvalue weighted by Gasteiger charge is 2.09. The van der Waals surface area contributed by atoms with E-state index in [1.165, 1.54) is 5.56 Å². The number of fused-ring (bicyclic) bond motifs is 1. The lowest BCUT2D eigenvalue weighted by molar-refractivity contribution is 0.269. The third-order valence-corrected chi connectivity index (χ3v) is 3.24. The second-order valence-electron chi connectivity index (χ2n) is 4.54. The molecule has 3 rings (SSSR count). The normalized spacial score (nSPS) is 11.1. The van der Waals surface area contributed by atoms with E-state index in [2.05, 4.69) is 29.1 Å². The third kappa shape index (κ3) is 2.11. The summed E-state index contributed by atoms with van der Waals surface area (Å²) < 4.78 is 1.75. The summed E-state index contributed by atoms with van der Waals surface area (Å²) >= 11 is 0. The van der Waals surface area contributed by atoms with Crippen molar-refractivity contribution in [2.24, 2.45) is 0 Å². The van der Waals surface area contributed by atoms with Crippen molar-refractivity contribution in [3.8, 4) is 11.1 Å². The molecule has 0 aliphatic rings. The van der Waals surface area contributed by atoms with Gasteiger partial charge in [-0.1, -0.05) is 12.1 Å². The van der Waals surface area contributed by atoms with Crippen molar-refractivity contribution in [2.75, 3.05) is 6.61 Å². The van der Waals surface area contributed by atoms with Crippen molar-refractivity contribution in [1.82, 2.24) is 14.8 Å². The van der Waals surface area contributed by atoms with E-state index in [-0.39, 0.29) is 6.61 Å². The number of aromatic nitrogens is 3. The zero-order chi connectivity index (χ0) is 13.2. The molecular weight excluding hydrogens is 238 g/mol. The zero-order valence-corrected chi connectivity index (χ0v) is 10.7. The third-order valence-electron chi connectivity index (χ3n) is 3.24. The van der Waals surface area contributed by atoms with Crippen LogP contribution in [0.2, 0.25) is 0 Å². The van der Waals surface area contributed by atoms with Crippen molar-refractivity contribution >= 4 is 10.9 Å². The average molecular weight is 253 g/mol. The van der Waals surface area contributed by atoms with E-state index in [4.69, 9.17) is 5.11 Å². The molecule has 0 aliphatic heterocycles. The van der Waals surface area contributed by atoms with Gasteiger partial charge in [-0.25, -0.2) is 0 Å². The predicted octanol–water partition coefficient (Wildman–Crippen LogP) is 2.40. The standard InChI is InChI=1S/C15H15N3O/c1-11-4-5-14-13(3-2-6-16-14)15(11)12-9-17-18(10-12)7-8-19/h2-6,9-10,19H,7-8H2,1H3. The van der Waals surface area contributed by atoms with Crippen LogP contribution < -0.4 is 0 Å². The van der Waals surface area contributed by atoms with E-state index in [1.807, 2.05) is 24.5 Å². The van der Waals surface area contributed by atoms with Crippen LogP contribution in [0.1, 0.15) is 5.56 Å². The molecule has 0 amide bonds. The number of nitrogens with zero attached hydrogens (tertiary/aromatic N) is 3. The molecular formula is C15H15N3O. The maximum atomic E-state index is 8.96. The lowest BCUT2D eigenvalue weighted by Gasteiger charge is -2.07. The van der Waals surface area contributed by atoms with Gasteiger partial charge in [0.25, 0.3) is 0 Å². The Balaban J connectivity index is 2.19. The highest BCUT2D eigenvalue weighted by Crippen LogP contribution is 2.30. The van der Waals surface area contributed by atoms with Crippen molar-refractivity contribution in [3.05, 3.63) is 48.4 Å². The van der Waals surface area contributed by atoms with E-state index in [0.717, 1.165) is 22.0 Å². The van der Waals surface area contributed by atoms with Crippen molar-refractivity contribution in [2.45, 2.75) is 13.5 Å². The molecule has 1 N–H and O–H groups in total. The van der Waals surface area contributed by atoms with Crippen molar-refractivity contribution in [3.63, 3.8) is 0 Å². The van der Waals surface area contributed by atoms with Gasteiger partial charge < -0.3 is 5.11 Å². The summed E-state index contributed by atoms with van der Waals surface area (Å²) in [6.07, 6.45) is 5.60. The first-order valence-corrected chi connectivity index (χ1v) is 6.27. The second kappa shape index (κ2) is 4.82. The fourth-order valence-corrected chi connectivity index (χ4v) is 2.36. The van der Waals surface area contributed by atoms with Crippen molar-refractivity contribution < 1.29 is 5.11 Å². The quantitative estimate of drug-likeness (QED) is 0.779. The molecule has 0 fully saturated rings. The number of aliphatic hydroxyl groups is 1. The maximum absolute atomic E-state index is 8.96. The van der Waals surface area contributed by atoms with Gasteiger partial charge in [0, 0.05) is 23.3 Å². The van der Waals surface area contributed by atoms with Crippen LogP contribution >= 0.6 is 0 Å². The lowest BCUT2D eigenvalue weighted by Crippen LogP contribution is -2.01. The van der Waals surface area contributed by atoms with Gasteiger partial charge in [-0.15, -0.1) is 0 Å². The summed E-state index contributed by atoms with van der Waals surface area (Å²) in [5.74, 6) is 0. The monoisotopic (exact) mass is 253 g/mol. The van der Waals surface area contributed by atoms with Crippen molar-refractivity contribution in [1.29, 1.82) is 0 Å². The van der Waals surface area contributed by atoms with Gasteiger partial charge in [-0.2, -0.15) is 5.10 Å². The fourth-order valence-electron chi connectivity index (χ4n) is 2.36. The number of rotatable bonds is 3. The highest BCUT2D eigenvalue weighted by atomic mass is 16.3. The first-order chi connectivity index (χ1) is 9.29. The summed E-state index contributed by atoms with van der Waals surface area (Å²) in [5.41, 5.74) is 4.40. The highest BCUT2D eigenvalue weighted by molar-refractivity contribution is 5.95. The molecule has 0 radical (unpaired) electrons. The van der Waals surface area contributed by atoms with Crippen LogP contribution in [0.3, 0.4) is 0 Å². The largest absolute Gasteiger partial charge is 0.394 e. The molecule has 4 heteroatoms. The Kier molecular flexibility index (Phi) is 3.01. The Morgan fingerprint density at radius 1 is 1.26 bits per heavy atom. The predicted molar refractivity (Wildman–Crippen MR) is 74.8 cm³/mol. The molecule has 2 aromatic heterocycles. The van der Waals surface area contributed by atoms with E-state index in [9.17, 15) is 0 Å². The van der Waals surface area contributed by atoms with Gasteiger partial charge in [0.2, 0.25) is 0 Å². The van der Waals surface area contributed by atoms with Gasteiger partial charge in [0.1, 0.15) is 0 Å². The Hall–Kier alpha value is -2.20. The molecule has 0 spiro atoms. The minimum Gasteiger partial charge on any atom is -0.394 e. The number of hydrogen-bond acceptors (Lipinski definition) is 3. The van der Waals surface area contributed by atoms with Crippen LogP contribution in [0.5, 0.6) is 0 Å². The average Bonchev–Trinajstić information content (AvgIpc) is 2.87. The molecule has 0 saturated heterocycles. The summed E-state index contributed by atoms with van der Waals surface area (Å²) in [7, 11) is 0. The fraction of sp³-hybridized carbons (Fsp3) is 0.200. The Morgan fingerprint density at radius 2 is 2.16 bits per heavy atom. The van der Waals surface area contributed by atoms with Crippen LogP contribution in [0.4, 0.5) is 0 Å². The minimum absolute atomic E-state index is 0.0944. The van der Waals surface area contributed by atoms with Gasteiger partial charge in [0.05, 0.1) is 24.9 Å². The first kappa shape index (κ1) is 11.9. The Bertz CT molecular complexity index is 718. The number of aryl methyl sites for hydroxylation is 1. The molecule has 0 unspecified atom stereocenters. The minimum atomic E-state index is 0.0944. The zero-order valence-electron chi connectivity index (χ0n) is 10.7. The van der Waals surface area contributed by atoms with E-state index in [1.54, 1.807) is 10.9 Å². The first-order valence-electron chi connectivity index (χ1n) is 6.27. The van der Waals surface area contributed by atoms with Crippen LogP contribution in [-0.4, -0.2) is 26.5 Å². The van der Waals surface area contributed by atoms with E-state index >= 15 is 0 Å². The van der Waals surface area contributed by atoms with E-state index in [0.29, 0.717) is 6.54 Å². The molecule has 2 heterocycles. The number of pyridine rings is 1. The van der Waals surface area contributed by atoms with Crippen LogP contribution in [-0.2, 0) is 6.54 Å². The SMILES string of the molecule is Cc1ccc2ncccc2c1-c1cnn(CCO)c1. The Morgan fingerprint density at radius 3 is 3.00 bits per heavy atom. The van der Waals surface area contributed by atoms with Crippen LogP contribution in [0.25, 0.3) is 22.0 Å². The Labute approximate surface area is 111 Å². The topological polar surface area (TPSA) is 50.9 Å². The number of aliphatic hydroxyl groups excluding tert-OH is 1. The van der Waals surface area contributed by atoms with Gasteiger partial charge in [-0.3, -0.25) is 9.67 Å². The summed E-state index contributed by atoms with van der Waals surface area (Å²) in [4.78, 5) is 4.38. The van der Waals surface area contributed by atoms with Crippen LogP contribution in [0, 0.1) is 6.92 Å². The van der Waals surface area contributed by atoms with Gasteiger partial charge in [-0.05, 0) is 30.2 Å². The molecule has 19 heavy (non-hydrogen) atoms. The molecule has 96 valence electrons. The molecule has 0 saturated carbocycles. The van der Waals surface area contributed by atoms with E-state index < -0.39 is 0 Å². The molecule has 1 aromatic carbocycles. The second-order valence-corrected chi connectivity index (χ2v) is 4.54. The molecule has 0 bridgehead atoms. The molecule has 3 aromatic rings. The summed E-state index contributed by atoms with van der Waals surface area (Å²) in [5, 5.41) is 14.4. The molecule has 4 nitrogen and oxygen atoms in total. The molecule has 0 atom stereocenters. The maximum Gasteiger partial charge on any atom is 0.0708 e. The summed E-state index contributed by atoms with van der Waals surface area (Å²) in [6.45, 7) is 2.70. The molecule has 0 aliphatic carbocycles. The summed E-state index contributed by atoms with van der Waals surface area (Å²) in [6, 6.07) is 8.14. The van der Waals surface area contributed by atoms with Crippen LogP contribution in [0.15, 0.2) is 42.9 Å². The number of hydrogen-bond donors (Lipinski definition) is 1. The van der Waals surface area contributed by atoms with Gasteiger partial charge >= 0.3 is 0 Å².